The number of ether oxygens (including phenoxy) is 1. The van der Waals surface area contributed by atoms with Crippen LogP contribution in [-0.2, 0) is 0 Å². The fourth-order valence-corrected chi connectivity index (χ4v) is 1.63. The molecule has 1 heterocycles. The molecule has 0 saturated carbocycles. The molecule has 0 unspecified atom stereocenters. The molecule has 0 aliphatic heterocycles. The average molecular weight is 303 g/mol. The van der Waals surface area contributed by atoms with Gasteiger partial charge in [-0.05, 0) is 18.2 Å². The Balaban J connectivity index is 0.00000116. The van der Waals surface area contributed by atoms with E-state index in [1.165, 1.54) is 18.3 Å². The first-order valence-electron chi connectivity index (χ1n) is 6.69. The molecule has 0 aliphatic carbocycles. The number of hydrogen-bond acceptors (Lipinski definition) is 6. The maximum atomic E-state index is 10.9. The number of nitrogens with zero attached hydrogens (tertiary/aromatic N) is 2. The molecule has 2 rings (SSSR count). The molecule has 0 aliphatic rings. The van der Waals surface area contributed by atoms with Crippen molar-refractivity contribution in [3.63, 3.8) is 0 Å². The van der Waals surface area contributed by atoms with E-state index in [2.05, 4.69) is 10.3 Å². The van der Waals surface area contributed by atoms with Crippen LogP contribution in [0.1, 0.15) is 24.3 Å². The third-order valence-electron chi connectivity index (χ3n) is 2.54. The lowest BCUT2D eigenvalue weighted by atomic mass is 10.2. The van der Waals surface area contributed by atoms with Crippen LogP contribution in [0.4, 0.5) is 11.4 Å². The van der Waals surface area contributed by atoms with Crippen LogP contribution in [0.25, 0.3) is 0 Å². The molecule has 116 valence electrons. The molecule has 0 spiro atoms. The number of pyridine rings is 1. The lowest BCUT2D eigenvalue weighted by molar-refractivity contribution is -0.384. The molecule has 0 atom stereocenters. The van der Waals surface area contributed by atoms with Crippen LogP contribution in [0.2, 0.25) is 0 Å². The number of anilines is 1. The summed E-state index contributed by atoms with van der Waals surface area (Å²) in [5.74, 6) is 0.687. The second-order valence-corrected chi connectivity index (χ2v) is 3.82. The monoisotopic (exact) mass is 303 g/mol. The van der Waals surface area contributed by atoms with Gasteiger partial charge in [0, 0.05) is 19.3 Å². The Morgan fingerprint density at radius 3 is 2.50 bits per heavy atom. The highest BCUT2D eigenvalue weighted by Crippen LogP contribution is 2.31. The third-order valence-corrected chi connectivity index (χ3v) is 2.54. The Labute approximate surface area is 128 Å². The van der Waals surface area contributed by atoms with Gasteiger partial charge >= 0.3 is 0 Å². The normalized spacial score (nSPS) is 9.23. The van der Waals surface area contributed by atoms with Gasteiger partial charge < -0.3 is 10.1 Å². The highest BCUT2D eigenvalue weighted by atomic mass is 16.6. The smallest absolute Gasteiger partial charge is 0.296 e. The molecular weight excluding hydrogens is 286 g/mol. The summed E-state index contributed by atoms with van der Waals surface area (Å²) in [6.07, 6.45) is 2.02. The quantitative estimate of drug-likeness (QED) is 0.514. The van der Waals surface area contributed by atoms with Crippen LogP contribution in [0.3, 0.4) is 0 Å². The van der Waals surface area contributed by atoms with E-state index in [-0.39, 0.29) is 11.4 Å². The minimum atomic E-state index is -0.498. The summed E-state index contributed by atoms with van der Waals surface area (Å²) in [7, 11) is 1.60. The highest BCUT2D eigenvalue weighted by molar-refractivity contribution is 5.72. The number of carbonyl (C=O) groups excluding carboxylic acids is 1. The number of aromatic nitrogens is 1. The predicted octanol–water partition coefficient (Wildman–Crippen LogP) is 3.66. The van der Waals surface area contributed by atoms with E-state index >= 15 is 0 Å². The molecule has 7 heteroatoms. The van der Waals surface area contributed by atoms with E-state index < -0.39 is 4.92 Å². The lowest BCUT2D eigenvalue weighted by Gasteiger charge is -2.07. The van der Waals surface area contributed by atoms with Gasteiger partial charge in [-0.3, -0.25) is 19.9 Å². The number of nitro groups is 1. The molecule has 1 N–H and O–H groups in total. The van der Waals surface area contributed by atoms with Crippen molar-refractivity contribution in [2.24, 2.45) is 0 Å². The largest absolute Gasteiger partial charge is 0.457 e. The van der Waals surface area contributed by atoms with E-state index in [1.807, 2.05) is 13.8 Å². The van der Waals surface area contributed by atoms with Crippen molar-refractivity contribution in [3.8, 4) is 11.5 Å². The first-order valence-corrected chi connectivity index (χ1v) is 6.69. The predicted molar refractivity (Wildman–Crippen MR) is 83.7 cm³/mol. The van der Waals surface area contributed by atoms with Gasteiger partial charge in [-0.25, -0.2) is 0 Å². The standard InChI is InChI=1S/C13H11N3O4.C2H6/c1-14-12-3-2-10(7-13(12)16(18)19)20-11-4-5-15-9(6-11)8-17;1-2/h2-8,14H,1H3;1-2H3. The SMILES string of the molecule is CC.CNc1ccc(Oc2ccnc(C=O)c2)cc1[N+](=O)[O-]. The number of hydrogen-bond donors (Lipinski definition) is 1. The van der Waals surface area contributed by atoms with E-state index in [4.69, 9.17) is 4.74 Å². The summed E-state index contributed by atoms with van der Waals surface area (Å²) in [5, 5.41) is 13.7. The lowest BCUT2D eigenvalue weighted by Crippen LogP contribution is -1.97. The average Bonchev–Trinajstić information content (AvgIpc) is 2.56. The third kappa shape index (κ3) is 4.27. The number of nitrogens with one attached hydrogen (secondary N) is 1. The molecule has 1 aromatic carbocycles. The van der Waals surface area contributed by atoms with Crippen LogP contribution in [0.5, 0.6) is 11.5 Å². The first kappa shape index (κ1) is 17.1. The molecule has 7 nitrogen and oxygen atoms in total. The fraction of sp³-hybridized carbons (Fsp3) is 0.200. The second kappa shape index (κ2) is 8.35. The number of nitro benzene ring substituents is 1. The van der Waals surface area contributed by atoms with Gasteiger partial charge in [0.2, 0.25) is 0 Å². The van der Waals surface area contributed by atoms with Crippen molar-refractivity contribution in [2.75, 3.05) is 12.4 Å². The minimum Gasteiger partial charge on any atom is -0.457 e. The number of benzene rings is 1. The van der Waals surface area contributed by atoms with Gasteiger partial charge in [0.25, 0.3) is 5.69 Å². The van der Waals surface area contributed by atoms with Crippen LogP contribution in [-0.4, -0.2) is 23.2 Å². The van der Waals surface area contributed by atoms with Crippen LogP contribution < -0.4 is 10.1 Å². The van der Waals surface area contributed by atoms with E-state index in [1.54, 1.807) is 25.2 Å². The second-order valence-electron chi connectivity index (χ2n) is 3.82. The number of rotatable bonds is 5. The van der Waals surface area contributed by atoms with Crippen LogP contribution in [0, 0.1) is 10.1 Å². The minimum absolute atomic E-state index is 0.0883. The van der Waals surface area contributed by atoms with Gasteiger partial charge in [-0.15, -0.1) is 0 Å². The maximum absolute atomic E-state index is 10.9. The topological polar surface area (TPSA) is 94.4 Å². The number of aldehydes is 1. The van der Waals surface area contributed by atoms with E-state index in [0.717, 1.165) is 0 Å². The Kier molecular flexibility index (Phi) is 6.49. The fourth-order valence-electron chi connectivity index (χ4n) is 1.63. The van der Waals surface area contributed by atoms with Gasteiger partial charge in [0.05, 0.1) is 11.0 Å². The van der Waals surface area contributed by atoms with Crippen molar-refractivity contribution < 1.29 is 14.5 Å². The Morgan fingerprint density at radius 1 is 1.23 bits per heavy atom. The zero-order chi connectivity index (χ0) is 16.5. The zero-order valence-electron chi connectivity index (χ0n) is 12.6. The molecule has 0 amide bonds. The van der Waals surface area contributed by atoms with Crippen molar-refractivity contribution in [1.29, 1.82) is 0 Å². The van der Waals surface area contributed by atoms with Crippen molar-refractivity contribution in [3.05, 3.63) is 52.3 Å². The molecule has 0 saturated heterocycles. The first-order chi connectivity index (χ1) is 10.6. The van der Waals surface area contributed by atoms with Gasteiger partial charge in [0.15, 0.2) is 6.29 Å². The molecule has 2 aromatic rings. The maximum Gasteiger partial charge on any atom is 0.296 e. The van der Waals surface area contributed by atoms with E-state index in [0.29, 0.717) is 23.5 Å². The van der Waals surface area contributed by atoms with Crippen molar-refractivity contribution in [1.82, 2.24) is 4.98 Å². The molecule has 1 aromatic heterocycles. The molecule has 0 bridgehead atoms. The Hall–Kier alpha value is -2.96. The molecule has 0 fully saturated rings. The highest BCUT2D eigenvalue weighted by Gasteiger charge is 2.14. The zero-order valence-corrected chi connectivity index (χ0v) is 12.6. The van der Waals surface area contributed by atoms with Gasteiger partial charge in [-0.2, -0.15) is 0 Å². The Bertz CT molecular complexity index is 659. The van der Waals surface area contributed by atoms with E-state index in [9.17, 15) is 14.9 Å². The van der Waals surface area contributed by atoms with Crippen LogP contribution >= 0.6 is 0 Å². The van der Waals surface area contributed by atoms with Crippen molar-refractivity contribution >= 4 is 17.7 Å². The van der Waals surface area contributed by atoms with Crippen molar-refractivity contribution in [2.45, 2.75) is 13.8 Å². The summed E-state index contributed by atoms with van der Waals surface area (Å²) in [5.41, 5.74) is 0.532. The van der Waals surface area contributed by atoms with Crippen LogP contribution in [0.15, 0.2) is 36.5 Å². The molecular formula is C15H17N3O4. The summed E-state index contributed by atoms with van der Waals surface area (Å²) < 4.78 is 5.48. The summed E-state index contributed by atoms with van der Waals surface area (Å²) in [6, 6.07) is 7.47. The summed E-state index contributed by atoms with van der Waals surface area (Å²) >= 11 is 0. The van der Waals surface area contributed by atoms with Gasteiger partial charge in [-0.1, -0.05) is 13.8 Å². The number of carbonyl (C=O) groups is 1. The Morgan fingerprint density at radius 2 is 1.91 bits per heavy atom. The molecule has 0 radical (unpaired) electrons. The summed E-state index contributed by atoms with van der Waals surface area (Å²) in [4.78, 5) is 24.9. The summed E-state index contributed by atoms with van der Waals surface area (Å²) in [6.45, 7) is 4.00. The van der Waals surface area contributed by atoms with Gasteiger partial charge in [0.1, 0.15) is 22.9 Å². The molecule has 22 heavy (non-hydrogen) atoms.